The van der Waals surface area contributed by atoms with Gasteiger partial charge in [0.2, 0.25) is 5.91 Å². The standard InChI is InChI=1S/C28H29N3O3S2/c1-33-19-13-14-21(22(16-19)34-2)29-25(32)17-35-27-26-20-10-6-7-11-23(20)36-28(26)31-24(30-27)15-12-18-8-4-3-5-9-18/h3-5,8-9,13-14,16H,6-7,10-12,15,17H2,1-2H3,(H,29,32). The Morgan fingerprint density at radius 3 is 2.67 bits per heavy atom. The number of aromatic nitrogens is 2. The molecule has 8 heteroatoms. The van der Waals surface area contributed by atoms with Crippen LogP contribution in [-0.2, 0) is 30.5 Å². The molecule has 0 aliphatic heterocycles. The molecule has 1 N–H and O–H groups in total. The molecule has 186 valence electrons. The first kappa shape index (κ1) is 24.6. The number of nitrogens with zero attached hydrogens (tertiary/aromatic N) is 2. The minimum atomic E-state index is -0.106. The van der Waals surface area contributed by atoms with Gasteiger partial charge in [-0.1, -0.05) is 42.1 Å². The van der Waals surface area contributed by atoms with Gasteiger partial charge in [-0.3, -0.25) is 4.79 Å². The Labute approximate surface area is 219 Å². The molecule has 4 aromatic rings. The summed E-state index contributed by atoms with van der Waals surface area (Å²) in [7, 11) is 3.18. The van der Waals surface area contributed by atoms with E-state index in [0.717, 1.165) is 46.8 Å². The van der Waals surface area contributed by atoms with E-state index in [4.69, 9.17) is 19.4 Å². The van der Waals surface area contributed by atoms with Crippen molar-refractivity contribution in [3.8, 4) is 11.5 Å². The van der Waals surface area contributed by atoms with Gasteiger partial charge in [0.15, 0.2) is 0 Å². The van der Waals surface area contributed by atoms with Gasteiger partial charge >= 0.3 is 0 Å². The van der Waals surface area contributed by atoms with Gasteiger partial charge in [0, 0.05) is 22.8 Å². The van der Waals surface area contributed by atoms with Crippen molar-refractivity contribution < 1.29 is 14.3 Å². The predicted molar refractivity (Wildman–Crippen MR) is 147 cm³/mol. The monoisotopic (exact) mass is 519 g/mol. The minimum absolute atomic E-state index is 0.106. The second-order valence-corrected chi connectivity index (χ2v) is 10.8. The van der Waals surface area contributed by atoms with Crippen molar-refractivity contribution in [3.63, 3.8) is 0 Å². The molecule has 2 aromatic carbocycles. The highest BCUT2D eigenvalue weighted by molar-refractivity contribution is 8.00. The second kappa shape index (κ2) is 11.3. The molecule has 1 aliphatic rings. The molecule has 36 heavy (non-hydrogen) atoms. The van der Waals surface area contributed by atoms with Crippen molar-refractivity contribution in [2.24, 2.45) is 0 Å². The van der Waals surface area contributed by atoms with E-state index in [-0.39, 0.29) is 11.7 Å². The number of hydrogen-bond donors (Lipinski definition) is 1. The molecule has 0 fully saturated rings. The number of carbonyl (C=O) groups is 1. The van der Waals surface area contributed by atoms with Crippen LogP contribution in [0.15, 0.2) is 53.6 Å². The number of methoxy groups -OCH3 is 2. The number of rotatable bonds is 9. The van der Waals surface area contributed by atoms with Crippen LogP contribution in [0.3, 0.4) is 0 Å². The zero-order chi connectivity index (χ0) is 24.9. The third-order valence-electron chi connectivity index (χ3n) is 6.33. The Hall–Kier alpha value is -3.10. The Morgan fingerprint density at radius 1 is 1.03 bits per heavy atom. The number of aryl methyl sites for hydroxylation is 4. The van der Waals surface area contributed by atoms with Crippen molar-refractivity contribution >= 4 is 44.9 Å². The SMILES string of the molecule is COc1ccc(NC(=O)CSc2nc(CCc3ccccc3)nc3sc4c(c23)CCCC4)c(OC)c1. The van der Waals surface area contributed by atoms with Gasteiger partial charge in [0.05, 0.1) is 25.7 Å². The summed E-state index contributed by atoms with van der Waals surface area (Å²) in [6.45, 7) is 0. The Balaban J connectivity index is 1.37. The molecule has 0 saturated carbocycles. The van der Waals surface area contributed by atoms with E-state index in [1.807, 2.05) is 6.07 Å². The van der Waals surface area contributed by atoms with E-state index in [9.17, 15) is 4.79 Å². The van der Waals surface area contributed by atoms with Crippen LogP contribution >= 0.6 is 23.1 Å². The lowest BCUT2D eigenvalue weighted by atomic mass is 9.97. The number of anilines is 1. The van der Waals surface area contributed by atoms with Crippen LogP contribution in [0.4, 0.5) is 5.69 Å². The number of ether oxygens (including phenoxy) is 2. The first-order chi connectivity index (χ1) is 17.6. The van der Waals surface area contributed by atoms with Gasteiger partial charge in [0.1, 0.15) is 27.2 Å². The molecule has 5 rings (SSSR count). The summed E-state index contributed by atoms with van der Waals surface area (Å²) in [6.07, 6.45) is 6.24. The normalized spacial score (nSPS) is 12.8. The van der Waals surface area contributed by atoms with E-state index >= 15 is 0 Å². The maximum absolute atomic E-state index is 12.9. The third-order valence-corrected chi connectivity index (χ3v) is 8.49. The second-order valence-electron chi connectivity index (χ2n) is 8.72. The van der Waals surface area contributed by atoms with Crippen LogP contribution in [-0.4, -0.2) is 35.8 Å². The lowest BCUT2D eigenvalue weighted by Crippen LogP contribution is -2.15. The van der Waals surface area contributed by atoms with Crippen LogP contribution in [0.2, 0.25) is 0 Å². The average Bonchev–Trinajstić information content (AvgIpc) is 3.30. The molecular formula is C28H29N3O3S2. The van der Waals surface area contributed by atoms with Crippen molar-refractivity contribution in [1.29, 1.82) is 0 Å². The molecule has 1 amide bonds. The molecule has 2 heterocycles. The van der Waals surface area contributed by atoms with Crippen molar-refractivity contribution in [2.75, 3.05) is 25.3 Å². The van der Waals surface area contributed by atoms with Crippen LogP contribution in [0.25, 0.3) is 10.2 Å². The minimum Gasteiger partial charge on any atom is -0.497 e. The molecule has 2 aromatic heterocycles. The summed E-state index contributed by atoms with van der Waals surface area (Å²) in [5.41, 5.74) is 3.28. The fraction of sp³-hybridized carbons (Fsp3) is 0.321. The lowest BCUT2D eigenvalue weighted by Gasteiger charge is -2.13. The van der Waals surface area contributed by atoms with Crippen LogP contribution in [0.1, 0.15) is 34.7 Å². The maximum atomic E-state index is 12.9. The smallest absolute Gasteiger partial charge is 0.234 e. The zero-order valence-corrected chi connectivity index (χ0v) is 22.1. The van der Waals surface area contributed by atoms with Gasteiger partial charge in [-0.25, -0.2) is 9.97 Å². The van der Waals surface area contributed by atoms with E-state index in [0.29, 0.717) is 17.2 Å². The number of thioether (sulfide) groups is 1. The molecule has 6 nitrogen and oxygen atoms in total. The average molecular weight is 520 g/mol. The van der Waals surface area contributed by atoms with E-state index in [1.165, 1.54) is 40.6 Å². The van der Waals surface area contributed by atoms with Gasteiger partial charge in [-0.05, 0) is 55.4 Å². The summed E-state index contributed by atoms with van der Waals surface area (Å²) >= 11 is 3.29. The van der Waals surface area contributed by atoms with Gasteiger partial charge in [0.25, 0.3) is 0 Å². The number of amides is 1. The molecule has 0 unspecified atom stereocenters. The van der Waals surface area contributed by atoms with Gasteiger partial charge in [-0.15, -0.1) is 11.3 Å². The Bertz CT molecular complexity index is 1370. The Kier molecular flexibility index (Phi) is 7.72. The molecule has 0 saturated heterocycles. The molecular weight excluding hydrogens is 490 g/mol. The molecule has 1 aliphatic carbocycles. The summed E-state index contributed by atoms with van der Waals surface area (Å²) in [5.74, 6) is 2.22. The fourth-order valence-corrected chi connectivity index (χ4v) is 6.72. The fourth-order valence-electron chi connectivity index (χ4n) is 4.51. The number of carbonyl (C=O) groups excluding carboxylic acids is 1. The van der Waals surface area contributed by atoms with Gasteiger partial charge in [-0.2, -0.15) is 0 Å². The number of benzene rings is 2. The highest BCUT2D eigenvalue weighted by atomic mass is 32.2. The molecule has 0 spiro atoms. The highest BCUT2D eigenvalue weighted by Gasteiger charge is 2.22. The number of hydrogen-bond acceptors (Lipinski definition) is 7. The lowest BCUT2D eigenvalue weighted by molar-refractivity contribution is -0.113. The first-order valence-electron chi connectivity index (χ1n) is 12.1. The molecule has 0 atom stereocenters. The molecule has 0 bridgehead atoms. The first-order valence-corrected chi connectivity index (χ1v) is 13.9. The summed E-state index contributed by atoms with van der Waals surface area (Å²) < 4.78 is 10.7. The van der Waals surface area contributed by atoms with E-state index in [1.54, 1.807) is 43.8 Å². The highest BCUT2D eigenvalue weighted by Crippen LogP contribution is 2.40. The number of nitrogens with one attached hydrogen (secondary N) is 1. The van der Waals surface area contributed by atoms with Crippen LogP contribution < -0.4 is 14.8 Å². The third kappa shape index (κ3) is 5.50. The largest absolute Gasteiger partial charge is 0.497 e. The van der Waals surface area contributed by atoms with Crippen LogP contribution in [0.5, 0.6) is 11.5 Å². The van der Waals surface area contributed by atoms with Crippen molar-refractivity contribution in [1.82, 2.24) is 9.97 Å². The summed E-state index contributed by atoms with van der Waals surface area (Å²) in [6, 6.07) is 15.8. The zero-order valence-electron chi connectivity index (χ0n) is 20.5. The predicted octanol–water partition coefficient (Wildman–Crippen LogP) is 6.10. The van der Waals surface area contributed by atoms with Gasteiger partial charge < -0.3 is 14.8 Å². The van der Waals surface area contributed by atoms with E-state index < -0.39 is 0 Å². The topological polar surface area (TPSA) is 73.3 Å². The quantitative estimate of drug-likeness (QED) is 0.213. The molecule has 0 radical (unpaired) electrons. The summed E-state index contributed by atoms with van der Waals surface area (Å²) in [5, 5.41) is 5.03. The Morgan fingerprint density at radius 2 is 1.86 bits per heavy atom. The number of fused-ring (bicyclic) bond motifs is 3. The maximum Gasteiger partial charge on any atom is 0.234 e. The van der Waals surface area contributed by atoms with Crippen molar-refractivity contribution in [3.05, 3.63) is 70.4 Å². The number of thiophene rings is 1. The summed E-state index contributed by atoms with van der Waals surface area (Å²) in [4.78, 5) is 25.3. The van der Waals surface area contributed by atoms with Crippen molar-refractivity contribution in [2.45, 2.75) is 43.6 Å². The van der Waals surface area contributed by atoms with E-state index in [2.05, 4.69) is 29.6 Å². The van der Waals surface area contributed by atoms with Crippen LogP contribution in [0, 0.1) is 0 Å².